The lowest BCUT2D eigenvalue weighted by Gasteiger charge is -2.22. The van der Waals surface area contributed by atoms with Gasteiger partial charge in [0.2, 0.25) is 0 Å². The summed E-state index contributed by atoms with van der Waals surface area (Å²) in [6.45, 7) is 6.39. The van der Waals surface area contributed by atoms with Crippen molar-refractivity contribution in [3.8, 4) is 0 Å². The summed E-state index contributed by atoms with van der Waals surface area (Å²) in [5, 5.41) is 0. The maximum Gasteiger partial charge on any atom is 0.129 e. The summed E-state index contributed by atoms with van der Waals surface area (Å²) >= 11 is 5.89. The van der Waals surface area contributed by atoms with Crippen molar-refractivity contribution in [3.63, 3.8) is 0 Å². The van der Waals surface area contributed by atoms with Crippen LogP contribution < -0.4 is 4.90 Å². The highest BCUT2D eigenvalue weighted by molar-refractivity contribution is 6.17. The van der Waals surface area contributed by atoms with Gasteiger partial charge in [0.15, 0.2) is 0 Å². The van der Waals surface area contributed by atoms with Gasteiger partial charge in [-0.15, -0.1) is 11.6 Å². The normalized spacial score (nSPS) is 15.2. The van der Waals surface area contributed by atoms with Crippen LogP contribution in [0.2, 0.25) is 0 Å². The predicted molar refractivity (Wildman–Crippen MR) is 69.1 cm³/mol. The first-order chi connectivity index (χ1) is 7.72. The van der Waals surface area contributed by atoms with Crippen LogP contribution in [0, 0.1) is 12.8 Å². The molecule has 1 saturated carbocycles. The van der Waals surface area contributed by atoms with Crippen molar-refractivity contribution < 1.29 is 0 Å². The Balaban J connectivity index is 2.17. The molecular weight excluding hydrogens is 220 g/mol. The van der Waals surface area contributed by atoms with Gasteiger partial charge < -0.3 is 4.90 Å². The molecule has 2 nitrogen and oxygen atoms in total. The fraction of sp³-hybridized carbons (Fsp3) is 0.615. The van der Waals surface area contributed by atoms with E-state index >= 15 is 0 Å². The third-order valence-electron chi connectivity index (χ3n) is 3.04. The zero-order valence-electron chi connectivity index (χ0n) is 10.0. The summed E-state index contributed by atoms with van der Waals surface area (Å²) in [6, 6.07) is 4.17. The molecule has 0 N–H and O–H groups in total. The Labute approximate surface area is 103 Å². The van der Waals surface area contributed by atoms with E-state index in [1.165, 1.54) is 18.4 Å². The molecule has 0 atom stereocenters. The van der Waals surface area contributed by atoms with E-state index < -0.39 is 0 Å². The zero-order chi connectivity index (χ0) is 11.5. The van der Waals surface area contributed by atoms with Gasteiger partial charge in [0.25, 0.3) is 0 Å². The van der Waals surface area contributed by atoms with Crippen LogP contribution in [0.15, 0.2) is 12.1 Å². The van der Waals surface area contributed by atoms with Crippen molar-refractivity contribution in [1.82, 2.24) is 4.98 Å². The van der Waals surface area contributed by atoms with Gasteiger partial charge in [-0.25, -0.2) is 4.98 Å². The van der Waals surface area contributed by atoms with Crippen LogP contribution in [0.1, 0.15) is 31.0 Å². The molecule has 1 aromatic heterocycles. The largest absolute Gasteiger partial charge is 0.357 e. The van der Waals surface area contributed by atoms with Crippen LogP contribution in [0.25, 0.3) is 0 Å². The van der Waals surface area contributed by atoms with Gasteiger partial charge in [0, 0.05) is 24.7 Å². The third kappa shape index (κ3) is 2.88. The van der Waals surface area contributed by atoms with E-state index in [0.717, 1.165) is 30.5 Å². The van der Waals surface area contributed by atoms with Crippen LogP contribution in [0.3, 0.4) is 0 Å². The number of halogens is 1. The average molecular weight is 239 g/mol. The van der Waals surface area contributed by atoms with Gasteiger partial charge in [-0.05, 0) is 50.3 Å². The van der Waals surface area contributed by atoms with Crippen molar-refractivity contribution >= 4 is 17.4 Å². The van der Waals surface area contributed by atoms with E-state index in [1.807, 2.05) is 6.92 Å². The van der Waals surface area contributed by atoms with Gasteiger partial charge in [0.05, 0.1) is 0 Å². The molecule has 3 heteroatoms. The molecule has 0 aromatic carbocycles. The molecule has 1 aliphatic carbocycles. The fourth-order valence-corrected chi connectivity index (χ4v) is 2.11. The Morgan fingerprint density at radius 3 is 2.75 bits per heavy atom. The fourth-order valence-electron chi connectivity index (χ4n) is 1.96. The second-order valence-electron chi connectivity index (χ2n) is 4.59. The lowest BCUT2D eigenvalue weighted by atomic mass is 10.2. The van der Waals surface area contributed by atoms with Crippen molar-refractivity contribution in [2.75, 3.05) is 18.0 Å². The molecule has 0 aliphatic heterocycles. The maximum absolute atomic E-state index is 5.89. The molecule has 1 aromatic rings. The van der Waals surface area contributed by atoms with Crippen molar-refractivity contribution in [2.24, 2.45) is 5.92 Å². The molecule has 1 fully saturated rings. The number of anilines is 1. The minimum absolute atomic E-state index is 0.567. The van der Waals surface area contributed by atoms with Crippen LogP contribution in [-0.2, 0) is 5.88 Å². The summed E-state index contributed by atoms with van der Waals surface area (Å²) < 4.78 is 0. The number of hydrogen-bond donors (Lipinski definition) is 0. The Hall–Kier alpha value is -0.760. The number of nitrogens with zero attached hydrogens (tertiary/aromatic N) is 2. The molecule has 88 valence electrons. The van der Waals surface area contributed by atoms with E-state index in [0.29, 0.717) is 5.88 Å². The van der Waals surface area contributed by atoms with Crippen molar-refractivity contribution in [2.45, 2.75) is 32.6 Å². The number of aromatic nitrogens is 1. The van der Waals surface area contributed by atoms with Crippen LogP contribution in [-0.4, -0.2) is 18.1 Å². The molecule has 2 rings (SSSR count). The summed E-state index contributed by atoms with van der Waals surface area (Å²) in [5.74, 6) is 2.55. The lowest BCUT2D eigenvalue weighted by molar-refractivity contribution is 0.730. The van der Waals surface area contributed by atoms with E-state index in [4.69, 9.17) is 11.6 Å². The Morgan fingerprint density at radius 1 is 1.44 bits per heavy atom. The first kappa shape index (κ1) is 11.7. The average Bonchev–Trinajstić information content (AvgIpc) is 3.08. The smallest absolute Gasteiger partial charge is 0.129 e. The summed E-state index contributed by atoms with van der Waals surface area (Å²) in [5.41, 5.74) is 2.22. The predicted octanol–water partition coefficient (Wildman–Crippen LogP) is 3.37. The highest BCUT2D eigenvalue weighted by Gasteiger charge is 2.24. The molecular formula is C13H19ClN2. The molecule has 0 amide bonds. The molecule has 16 heavy (non-hydrogen) atoms. The van der Waals surface area contributed by atoms with E-state index in [2.05, 4.69) is 28.9 Å². The van der Waals surface area contributed by atoms with Gasteiger partial charge in [-0.2, -0.15) is 0 Å². The van der Waals surface area contributed by atoms with Crippen LogP contribution in [0.4, 0.5) is 5.82 Å². The van der Waals surface area contributed by atoms with Gasteiger partial charge in [-0.1, -0.05) is 0 Å². The quantitative estimate of drug-likeness (QED) is 0.732. The molecule has 0 spiro atoms. The van der Waals surface area contributed by atoms with Gasteiger partial charge in [-0.3, -0.25) is 0 Å². The number of rotatable bonds is 5. The van der Waals surface area contributed by atoms with Crippen molar-refractivity contribution in [3.05, 3.63) is 23.4 Å². The van der Waals surface area contributed by atoms with Gasteiger partial charge in [0.1, 0.15) is 5.82 Å². The summed E-state index contributed by atoms with van der Waals surface area (Å²) in [6.07, 6.45) is 2.76. The summed E-state index contributed by atoms with van der Waals surface area (Å²) in [7, 11) is 0. The Bertz CT molecular complexity index is 361. The molecule has 1 heterocycles. The number of hydrogen-bond acceptors (Lipinski definition) is 2. The second-order valence-corrected chi connectivity index (χ2v) is 4.86. The first-order valence-electron chi connectivity index (χ1n) is 6.01. The minimum Gasteiger partial charge on any atom is -0.357 e. The zero-order valence-corrected chi connectivity index (χ0v) is 10.8. The Kier molecular flexibility index (Phi) is 3.70. The van der Waals surface area contributed by atoms with Crippen molar-refractivity contribution in [1.29, 1.82) is 0 Å². The van der Waals surface area contributed by atoms with Crippen LogP contribution >= 0.6 is 11.6 Å². The maximum atomic E-state index is 5.89. The number of pyridine rings is 1. The lowest BCUT2D eigenvalue weighted by Crippen LogP contribution is -2.26. The highest BCUT2D eigenvalue weighted by Crippen LogP contribution is 2.31. The Morgan fingerprint density at radius 2 is 2.19 bits per heavy atom. The second kappa shape index (κ2) is 5.05. The van der Waals surface area contributed by atoms with E-state index in [1.54, 1.807) is 0 Å². The van der Waals surface area contributed by atoms with Crippen LogP contribution in [0.5, 0.6) is 0 Å². The van der Waals surface area contributed by atoms with E-state index in [-0.39, 0.29) is 0 Å². The monoisotopic (exact) mass is 238 g/mol. The number of alkyl halides is 1. The molecule has 0 saturated heterocycles. The molecule has 1 aliphatic rings. The molecule has 0 unspecified atom stereocenters. The minimum atomic E-state index is 0.567. The SMILES string of the molecule is CCN(CC1CC1)c1cc(CCl)cc(C)n1. The summed E-state index contributed by atoms with van der Waals surface area (Å²) in [4.78, 5) is 6.96. The standard InChI is InChI=1S/C13H19ClN2/c1-3-16(9-11-4-5-11)13-7-12(8-14)6-10(2)15-13/h6-7,11H,3-5,8-9H2,1-2H3. The molecule has 0 bridgehead atoms. The molecule has 0 radical (unpaired) electrons. The first-order valence-corrected chi connectivity index (χ1v) is 6.55. The third-order valence-corrected chi connectivity index (χ3v) is 3.34. The van der Waals surface area contributed by atoms with Gasteiger partial charge >= 0.3 is 0 Å². The number of aryl methyl sites for hydroxylation is 1. The van der Waals surface area contributed by atoms with E-state index in [9.17, 15) is 0 Å². The topological polar surface area (TPSA) is 16.1 Å². The highest BCUT2D eigenvalue weighted by atomic mass is 35.5.